The first kappa shape index (κ1) is 13.5. The molecule has 4 nitrogen and oxygen atoms in total. The molecule has 3 atom stereocenters. The van der Waals surface area contributed by atoms with Crippen LogP contribution in [-0.2, 0) is 6.54 Å². The molecule has 18 heavy (non-hydrogen) atoms. The Balaban J connectivity index is 1.95. The summed E-state index contributed by atoms with van der Waals surface area (Å²) in [5.41, 5.74) is 6.01. The van der Waals surface area contributed by atoms with Gasteiger partial charge in [0, 0.05) is 18.0 Å². The molecular formula is C13H21N3OS. The molecule has 1 fully saturated rings. The van der Waals surface area contributed by atoms with Crippen LogP contribution in [0.1, 0.15) is 48.6 Å². The lowest BCUT2D eigenvalue weighted by Crippen LogP contribution is -2.37. The number of hydrogen-bond donors (Lipinski definition) is 2. The molecule has 1 heterocycles. The van der Waals surface area contributed by atoms with E-state index in [1.54, 1.807) is 5.38 Å². The number of nitrogens with one attached hydrogen (secondary N) is 1. The van der Waals surface area contributed by atoms with Gasteiger partial charge in [-0.25, -0.2) is 4.98 Å². The van der Waals surface area contributed by atoms with Gasteiger partial charge < -0.3 is 11.1 Å². The van der Waals surface area contributed by atoms with Crippen LogP contribution >= 0.6 is 11.3 Å². The van der Waals surface area contributed by atoms with Crippen molar-refractivity contribution in [3.05, 3.63) is 16.1 Å². The summed E-state index contributed by atoms with van der Waals surface area (Å²) < 4.78 is 0. The quantitative estimate of drug-likeness (QED) is 0.878. The Labute approximate surface area is 112 Å². The first-order chi connectivity index (χ1) is 8.65. The SMILES string of the molecule is CCC1CCC(NC(=O)c2csc(CN)n2)C1C. The van der Waals surface area contributed by atoms with Crippen molar-refractivity contribution in [2.75, 3.05) is 0 Å². The fourth-order valence-electron chi connectivity index (χ4n) is 2.78. The number of aromatic nitrogens is 1. The molecule has 1 aromatic heterocycles. The third kappa shape index (κ3) is 2.72. The van der Waals surface area contributed by atoms with E-state index in [4.69, 9.17) is 5.73 Å². The molecule has 1 aliphatic rings. The normalized spacial score (nSPS) is 27.4. The molecule has 0 spiro atoms. The van der Waals surface area contributed by atoms with Gasteiger partial charge in [0.25, 0.3) is 5.91 Å². The molecule has 5 heteroatoms. The van der Waals surface area contributed by atoms with Gasteiger partial charge >= 0.3 is 0 Å². The maximum atomic E-state index is 12.1. The number of amides is 1. The zero-order valence-electron chi connectivity index (χ0n) is 11.0. The molecule has 1 aromatic rings. The lowest BCUT2D eigenvalue weighted by molar-refractivity contribution is 0.0922. The molecule has 1 aliphatic carbocycles. The summed E-state index contributed by atoms with van der Waals surface area (Å²) in [4.78, 5) is 16.3. The molecule has 3 unspecified atom stereocenters. The van der Waals surface area contributed by atoms with E-state index < -0.39 is 0 Å². The summed E-state index contributed by atoms with van der Waals surface area (Å²) in [6.07, 6.45) is 3.49. The van der Waals surface area contributed by atoms with Crippen LogP contribution in [0.3, 0.4) is 0 Å². The molecule has 1 amide bonds. The van der Waals surface area contributed by atoms with E-state index >= 15 is 0 Å². The number of rotatable bonds is 4. The minimum Gasteiger partial charge on any atom is -0.348 e. The molecule has 0 aliphatic heterocycles. The van der Waals surface area contributed by atoms with Gasteiger partial charge in [-0.05, 0) is 24.7 Å². The summed E-state index contributed by atoms with van der Waals surface area (Å²) in [5.74, 6) is 1.25. The predicted octanol–water partition coefficient (Wildman–Crippen LogP) is 2.16. The van der Waals surface area contributed by atoms with E-state index in [9.17, 15) is 4.79 Å². The topological polar surface area (TPSA) is 68.0 Å². The van der Waals surface area contributed by atoms with Crippen LogP contribution in [0.4, 0.5) is 0 Å². The molecular weight excluding hydrogens is 246 g/mol. The van der Waals surface area contributed by atoms with Gasteiger partial charge in [-0.2, -0.15) is 0 Å². The van der Waals surface area contributed by atoms with Gasteiger partial charge in [-0.3, -0.25) is 4.79 Å². The van der Waals surface area contributed by atoms with Gasteiger partial charge in [0.05, 0.1) is 0 Å². The maximum absolute atomic E-state index is 12.1. The van der Waals surface area contributed by atoms with Crippen molar-refractivity contribution in [3.8, 4) is 0 Å². The highest BCUT2D eigenvalue weighted by Gasteiger charge is 2.32. The van der Waals surface area contributed by atoms with E-state index in [0.29, 0.717) is 24.2 Å². The third-order valence-electron chi connectivity index (χ3n) is 4.03. The van der Waals surface area contributed by atoms with Crippen LogP contribution in [0.15, 0.2) is 5.38 Å². The largest absolute Gasteiger partial charge is 0.348 e. The van der Waals surface area contributed by atoms with Gasteiger partial charge in [0.15, 0.2) is 0 Å². The second-order valence-corrected chi connectivity index (χ2v) is 5.96. The van der Waals surface area contributed by atoms with E-state index in [1.165, 1.54) is 24.2 Å². The van der Waals surface area contributed by atoms with Crippen molar-refractivity contribution in [2.45, 2.75) is 45.7 Å². The number of nitrogens with two attached hydrogens (primary N) is 1. The molecule has 0 saturated heterocycles. The first-order valence-electron chi connectivity index (χ1n) is 6.61. The molecule has 0 aromatic carbocycles. The maximum Gasteiger partial charge on any atom is 0.270 e. The smallest absolute Gasteiger partial charge is 0.270 e. The van der Waals surface area contributed by atoms with Crippen LogP contribution in [0.5, 0.6) is 0 Å². The number of carbonyl (C=O) groups is 1. The van der Waals surface area contributed by atoms with E-state index in [0.717, 1.165) is 17.3 Å². The predicted molar refractivity (Wildman–Crippen MR) is 73.4 cm³/mol. The molecule has 0 radical (unpaired) electrons. The molecule has 3 N–H and O–H groups in total. The molecule has 100 valence electrons. The Morgan fingerprint density at radius 2 is 2.39 bits per heavy atom. The Bertz CT molecular complexity index is 418. The van der Waals surface area contributed by atoms with Crippen molar-refractivity contribution in [1.82, 2.24) is 10.3 Å². The van der Waals surface area contributed by atoms with Gasteiger partial charge in [-0.15, -0.1) is 11.3 Å². The summed E-state index contributed by atoms with van der Waals surface area (Å²) in [6.45, 7) is 4.85. The van der Waals surface area contributed by atoms with Crippen LogP contribution in [0.25, 0.3) is 0 Å². The van der Waals surface area contributed by atoms with Crippen LogP contribution in [0.2, 0.25) is 0 Å². The number of carbonyl (C=O) groups excluding carboxylic acids is 1. The van der Waals surface area contributed by atoms with Crippen LogP contribution < -0.4 is 11.1 Å². The Hall–Kier alpha value is -0.940. The minimum absolute atomic E-state index is 0.0560. The first-order valence-corrected chi connectivity index (χ1v) is 7.49. The van der Waals surface area contributed by atoms with Gasteiger partial charge in [0.1, 0.15) is 10.7 Å². The van der Waals surface area contributed by atoms with E-state index in [1.807, 2.05) is 0 Å². The zero-order chi connectivity index (χ0) is 13.1. The number of nitrogens with zero attached hydrogens (tertiary/aromatic N) is 1. The summed E-state index contributed by atoms with van der Waals surface area (Å²) in [7, 11) is 0. The van der Waals surface area contributed by atoms with E-state index in [-0.39, 0.29) is 5.91 Å². The Kier molecular flexibility index (Phi) is 4.35. The van der Waals surface area contributed by atoms with Gasteiger partial charge in [-0.1, -0.05) is 20.3 Å². The highest BCUT2D eigenvalue weighted by atomic mass is 32.1. The second-order valence-electron chi connectivity index (χ2n) is 5.02. The zero-order valence-corrected chi connectivity index (χ0v) is 11.8. The fourth-order valence-corrected chi connectivity index (χ4v) is 3.43. The standard InChI is InChI=1S/C13H21N3OS/c1-3-9-4-5-10(8(9)2)16-13(17)11-7-18-12(6-14)15-11/h7-10H,3-6,14H2,1-2H3,(H,16,17). The number of hydrogen-bond acceptors (Lipinski definition) is 4. The van der Waals surface area contributed by atoms with Crippen LogP contribution in [0, 0.1) is 11.8 Å². The van der Waals surface area contributed by atoms with Crippen molar-refractivity contribution in [1.29, 1.82) is 0 Å². The lowest BCUT2D eigenvalue weighted by Gasteiger charge is -2.20. The fraction of sp³-hybridized carbons (Fsp3) is 0.692. The van der Waals surface area contributed by atoms with Crippen LogP contribution in [-0.4, -0.2) is 16.9 Å². The van der Waals surface area contributed by atoms with Crippen molar-refractivity contribution in [3.63, 3.8) is 0 Å². The third-order valence-corrected chi connectivity index (χ3v) is 4.90. The Morgan fingerprint density at radius 1 is 1.61 bits per heavy atom. The monoisotopic (exact) mass is 267 g/mol. The summed E-state index contributed by atoms with van der Waals surface area (Å²) in [6, 6.07) is 0.297. The van der Waals surface area contributed by atoms with Crippen molar-refractivity contribution >= 4 is 17.2 Å². The molecule has 0 bridgehead atoms. The van der Waals surface area contributed by atoms with Crippen molar-refractivity contribution in [2.24, 2.45) is 17.6 Å². The highest BCUT2D eigenvalue weighted by molar-refractivity contribution is 7.09. The highest BCUT2D eigenvalue weighted by Crippen LogP contribution is 2.33. The second kappa shape index (κ2) is 5.80. The average molecular weight is 267 g/mol. The average Bonchev–Trinajstić information content (AvgIpc) is 2.97. The van der Waals surface area contributed by atoms with E-state index in [2.05, 4.69) is 24.1 Å². The van der Waals surface area contributed by atoms with Crippen molar-refractivity contribution < 1.29 is 4.79 Å². The Morgan fingerprint density at radius 3 is 2.94 bits per heavy atom. The molecule has 1 saturated carbocycles. The minimum atomic E-state index is -0.0560. The number of thiazole rings is 1. The summed E-state index contributed by atoms with van der Waals surface area (Å²) >= 11 is 1.44. The van der Waals surface area contributed by atoms with Gasteiger partial charge in [0.2, 0.25) is 0 Å². The summed E-state index contributed by atoms with van der Waals surface area (Å²) in [5, 5.41) is 5.71. The lowest BCUT2D eigenvalue weighted by atomic mass is 9.93. The molecule has 2 rings (SSSR count).